The molecule has 1 aliphatic heterocycles. The molecule has 1 aromatic carbocycles. The van der Waals surface area contributed by atoms with Crippen LogP contribution in [0.5, 0.6) is 6.01 Å². The summed E-state index contributed by atoms with van der Waals surface area (Å²) in [7, 11) is 0. The lowest BCUT2D eigenvalue weighted by atomic mass is 10.2. The van der Waals surface area contributed by atoms with Crippen LogP contribution in [0.1, 0.15) is 12.8 Å². The second-order valence-electron chi connectivity index (χ2n) is 4.65. The summed E-state index contributed by atoms with van der Waals surface area (Å²) < 4.78 is 24.3. The average molecular weight is 310 g/mol. The summed E-state index contributed by atoms with van der Waals surface area (Å²) in [5.41, 5.74) is 0.524. The zero-order chi connectivity index (χ0) is 14.7. The van der Waals surface area contributed by atoms with E-state index in [9.17, 15) is 4.39 Å². The molecule has 0 unspecified atom stereocenters. The van der Waals surface area contributed by atoms with Crippen molar-refractivity contribution in [1.29, 1.82) is 0 Å². The predicted molar refractivity (Wildman–Crippen MR) is 74.7 cm³/mol. The number of nitrogens with zero attached hydrogens (tertiary/aromatic N) is 3. The maximum atomic E-state index is 13.3. The molecule has 1 aromatic heterocycles. The summed E-state index contributed by atoms with van der Waals surface area (Å²) in [4.78, 5) is 12.2. The van der Waals surface area contributed by atoms with Crippen molar-refractivity contribution < 1.29 is 13.9 Å². The summed E-state index contributed by atoms with van der Waals surface area (Å²) in [6.07, 6.45) is 1.55. The molecule has 110 valence electrons. The van der Waals surface area contributed by atoms with Crippen LogP contribution in [0.4, 0.5) is 4.39 Å². The first-order chi connectivity index (χ1) is 10.2. The SMILES string of the molecule is Fc1cccc(-c2nc(Cl)nc(OC3CCOCC3)n2)c1. The molecule has 0 amide bonds. The van der Waals surface area contributed by atoms with Crippen LogP contribution in [0.25, 0.3) is 11.4 Å². The van der Waals surface area contributed by atoms with Crippen molar-refractivity contribution in [3.05, 3.63) is 35.4 Å². The Hall–Kier alpha value is -1.79. The molecule has 2 heterocycles. The summed E-state index contributed by atoms with van der Waals surface area (Å²) in [5.74, 6) is -0.0764. The minimum Gasteiger partial charge on any atom is -0.460 e. The average Bonchev–Trinajstić information content (AvgIpc) is 2.48. The van der Waals surface area contributed by atoms with Crippen molar-refractivity contribution in [1.82, 2.24) is 15.0 Å². The third-order valence-electron chi connectivity index (χ3n) is 3.11. The zero-order valence-corrected chi connectivity index (χ0v) is 11.9. The molecular weight excluding hydrogens is 297 g/mol. The quantitative estimate of drug-likeness (QED) is 0.872. The van der Waals surface area contributed by atoms with Crippen LogP contribution < -0.4 is 4.74 Å². The van der Waals surface area contributed by atoms with Crippen LogP contribution in [0, 0.1) is 5.82 Å². The molecule has 1 fully saturated rings. The van der Waals surface area contributed by atoms with Crippen molar-refractivity contribution in [3.8, 4) is 17.4 Å². The predicted octanol–water partition coefficient (Wildman–Crippen LogP) is 2.89. The number of rotatable bonds is 3. The molecule has 0 N–H and O–H groups in total. The molecule has 3 rings (SSSR count). The number of benzene rings is 1. The van der Waals surface area contributed by atoms with Crippen LogP contribution in [0.15, 0.2) is 24.3 Å². The zero-order valence-electron chi connectivity index (χ0n) is 11.1. The molecule has 0 spiro atoms. The second-order valence-corrected chi connectivity index (χ2v) is 4.99. The van der Waals surface area contributed by atoms with Gasteiger partial charge in [-0.25, -0.2) is 4.39 Å². The molecule has 0 radical (unpaired) electrons. The number of halogens is 2. The number of aromatic nitrogens is 3. The van der Waals surface area contributed by atoms with Gasteiger partial charge >= 0.3 is 6.01 Å². The van der Waals surface area contributed by atoms with Gasteiger partial charge in [0.15, 0.2) is 5.82 Å². The van der Waals surface area contributed by atoms with Gasteiger partial charge in [-0.2, -0.15) is 15.0 Å². The van der Waals surface area contributed by atoms with Gasteiger partial charge in [0.25, 0.3) is 0 Å². The highest BCUT2D eigenvalue weighted by Gasteiger charge is 2.18. The van der Waals surface area contributed by atoms with Gasteiger partial charge < -0.3 is 9.47 Å². The highest BCUT2D eigenvalue weighted by Crippen LogP contribution is 2.21. The van der Waals surface area contributed by atoms with Gasteiger partial charge in [-0.15, -0.1) is 0 Å². The first-order valence-corrected chi connectivity index (χ1v) is 7.00. The molecule has 2 aromatic rings. The van der Waals surface area contributed by atoms with Gasteiger partial charge in [0, 0.05) is 18.4 Å². The Labute approximate surface area is 126 Å². The van der Waals surface area contributed by atoms with E-state index in [-0.39, 0.29) is 29.0 Å². The first kappa shape index (κ1) is 14.2. The van der Waals surface area contributed by atoms with Crippen molar-refractivity contribution in [2.45, 2.75) is 18.9 Å². The van der Waals surface area contributed by atoms with E-state index in [1.165, 1.54) is 12.1 Å². The highest BCUT2D eigenvalue weighted by atomic mass is 35.5. The summed E-state index contributed by atoms with van der Waals surface area (Å²) in [6, 6.07) is 6.13. The molecule has 0 aliphatic carbocycles. The smallest absolute Gasteiger partial charge is 0.321 e. The van der Waals surface area contributed by atoms with Crippen molar-refractivity contribution >= 4 is 11.6 Å². The van der Waals surface area contributed by atoms with Crippen LogP contribution in [-0.2, 0) is 4.74 Å². The Morgan fingerprint density at radius 1 is 1.19 bits per heavy atom. The molecule has 21 heavy (non-hydrogen) atoms. The fraction of sp³-hybridized carbons (Fsp3) is 0.357. The van der Waals surface area contributed by atoms with Gasteiger partial charge in [-0.3, -0.25) is 0 Å². The fourth-order valence-electron chi connectivity index (χ4n) is 2.08. The third kappa shape index (κ3) is 3.65. The Bertz CT molecular complexity index is 635. The fourth-order valence-corrected chi connectivity index (χ4v) is 2.24. The van der Waals surface area contributed by atoms with Crippen LogP contribution >= 0.6 is 11.6 Å². The van der Waals surface area contributed by atoms with Crippen LogP contribution in [-0.4, -0.2) is 34.3 Å². The van der Waals surface area contributed by atoms with Gasteiger partial charge in [0.05, 0.1) is 13.2 Å². The third-order valence-corrected chi connectivity index (χ3v) is 3.28. The lowest BCUT2D eigenvalue weighted by molar-refractivity contribution is 0.0217. The van der Waals surface area contributed by atoms with Gasteiger partial charge in [0.2, 0.25) is 5.28 Å². The van der Waals surface area contributed by atoms with E-state index in [2.05, 4.69) is 15.0 Å². The van der Waals surface area contributed by atoms with Crippen LogP contribution in [0.3, 0.4) is 0 Å². The summed E-state index contributed by atoms with van der Waals surface area (Å²) in [5, 5.41) is 0.0197. The minimum atomic E-state index is -0.365. The Kier molecular flexibility index (Phi) is 4.26. The molecule has 0 saturated carbocycles. The minimum absolute atomic E-state index is 0.00224. The molecule has 0 bridgehead atoms. The monoisotopic (exact) mass is 309 g/mol. The van der Waals surface area contributed by atoms with E-state index in [0.717, 1.165) is 12.8 Å². The highest BCUT2D eigenvalue weighted by molar-refractivity contribution is 6.28. The van der Waals surface area contributed by atoms with Crippen molar-refractivity contribution in [2.75, 3.05) is 13.2 Å². The lowest BCUT2D eigenvalue weighted by Crippen LogP contribution is -2.26. The first-order valence-electron chi connectivity index (χ1n) is 6.62. The normalized spacial score (nSPS) is 15.9. The molecular formula is C14H13ClFN3O2. The summed E-state index contributed by atoms with van der Waals surface area (Å²) >= 11 is 5.90. The largest absolute Gasteiger partial charge is 0.460 e. The topological polar surface area (TPSA) is 57.1 Å². The summed E-state index contributed by atoms with van der Waals surface area (Å²) in [6.45, 7) is 1.31. The van der Waals surface area contributed by atoms with Crippen molar-refractivity contribution in [2.24, 2.45) is 0 Å². The van der Waals surface area contributed by atoms with E-state index in [1.54, 1.807) is 12.1 Å². The molecule has 1 saturated heterocycles. The molecule has 1 aliphatic rings. The Morgan fingerprint density at radius 2 is 2.00 bits per heavy atom. The van der Waals surface area contributed by atoms with Crippen LogP contribution in [0.2, 0.25) is 5.28 Å². The second kappa shape index (κ2) is 6.32. The Morgan fingerprint density at radius 3 is 2.76 bits per heavy atom. The number of ether oxygens (including phenoxy) is 2. The van der Waals surface area contributed by atoms with E-state index >= 15 is 0 Å². The molecule has 5 nitrogen and oxygen atoms in total. The standard InChI is InChI=1S/C14H13ClFN3O2/c15-13-17-12(9-2-1-3-10(16)8-9)18-14(19-13)21-11-4-6-20-7-5-11/h1-3,8,11H,4-7H2. The van der Waals surface area contributed by atoms with E-state index < -0.39 is 0 Å². The van der Waals surface area contributed by atoms with Gasteiger partial charge in [-0.1, -0.05) is 12.1 Å². The maximum Gasteiger partial charge on any atom is 0.321 e. The van der Waals surface area contributed by atoms with E-state index in [1.807, 2.05) is 0 Å². The molecule has 0 atom stereocenters. The number of hydrogen-bond acceptors (Lipinski definition) is 5. The van der Waals surface area contributed by atoms with Gasteiger partial charge in [-0.05, 0) is 23.7 Å². The number of hydrogen-bond donors (Lipinski definition) is 0. The maximum absolute atomic E-state index is 13.3. The Balaban J connectivity index is 1.85. The van der Waals surface area contributed by atoms with E-state index in [0.29, 0.717) is 18.8 Å². The lowest BCUT2D eigenvalue weighted by Gasteiger charge is -2.22. The molecule has 7 heteroatoms. The van der Waals surface area contributed by atoms with E-state index in [4.69, 9.17) is 21.1 Å². The van der Waals surface area contributed by atoms with Crippen molar-refractivity contribution in [3.63, 3.8) is 0 Å². The van der Waals surface area contributed by atoms with Gasteiger partial charge in [0.1, 0.15) is 11.9 Å².